The van der Waals surface area contributed by atoms with E-state index < -0.39 is 0 Å². The summed E-state index contributed by atoms with van der Waals surface area (Å²) in [4.78, 5) is 0. The molecule has 0 bridgehead atoms. The summed E-state index contributed by atoms with van der Waals surface area (Å²) < 4.78 is 2.10. The second-order valence-electron chi connectivity index (χ2n) is 5.03. The molecule has 1 aromatic carbocycles. The summed E-state index contributed by atoms with van der Waals surface area (Å²) in [5.74, 6) is 0.634. The Bertz CT molecular complexity index is 530. The number of rotatable bonds is 2. The molecule has 1 saturated heterocycles. The summed E-state index contributed by atoms with van der Waals surface area (Å²) in [6, 6.07) is 10.7. The molecule has 19 heavy (non-hydrogen) atoms. The van der Waals surface area contributed by atoms with Gasteiger partial charge in [0.05, 0.1) is 5.69 Å². The Labute approximate surface area is 120 Å². The second kappa shape index (κ2) is 6.22. The highest BCUT2D eigenvalue weighted by Gasteiger charge is 2.19. The largest absolute Gasteiger partial charge is 0.317 e. The van der Waals surface area contributed by atoms with Gasteiger partial charge < -0.3 is 5.32 Å². The van der Waals surface area contributed by atoms with Gasteiger partial charge in [0.1, 0.15) is 0 Å². The maximum Gasteiger partial charge on any atom is 0.0651 e. The van der Waals surface area contributed by atoms with Crippen molar-refractivity contribution >= 4 is 12.4 Å². The zero-order valence-corrected chi connectivity index (χ0v) is 12.0. The van der Waals surface area contributed by atoms with Gasteiger partial charge in [-0.25, -0.2) is 4.68 Å². The number of nitrogens with zero attached hydrogens (tertiary/aromatic N) is 2. The minimum absolute atomic E-state index is 0. The third-order valence-electron chi connectivity index (χ3n) is 3.68. The molecule has 0 radical (unpaired) electrons. The molecule has 1 fully saturated rings. The molecule has 0 saturated carbocycles. The summed E-state index contributed by atoms with van der Waals surface area (Å²) in [5, 5.41) is 7.91. The Kier molecular flexibility index (Phi) is 4.61. The van der Waals surface area contributed by atoms with Gasteiger partial charge in [0.15, 0.2) is 0 Å². The third-order valence-corrected chi connectivity index (χ3v) is 3.68. The Morgan fingerprint density at radius 1 is 1.21 bits per heavy atom. The zero-order chi connectivity index (χ0) is 12.4. The van der Waals surface area contributed by atoms with Crippen molar-refractivity contribution in [2.24, 2.45) is 0 Å². The molecule has 1 aromatic heterocycles. The first-order valence-corrected chi connectivity index (χ1v) is 6.66. The summed E-state index contributed by atoms with van der Waals surface area (Å²) in [7, 11) is 0. The number of aryl methyl sites for hydroxylation is 1. The highest BCUT2D eigenvalue weighted by atomic mass is 35.5. The molecule has 1 N–H and O–H groups in total. The van der Waals surface area contributed by atoms with Gasteiger partial charge in [0.25, 0.3) is 0 Å². The number of aromatic nitrogens is 2. The SMILES string of the molecule is Cc1cccc(-n2nccc2C2CCNCC2)c1.Cl. The van der Waals surface area contributed by atoms with Gasteiger partial charge in [-0.15, -0.1) is 12.4 Å². The van der Waals surface area contributed by atoms with Crippen LogP contribution >= 0.6 is 12.4 Å². The van der Waals surface area contributed by atoms with E-state index in [1.54, 1.807) is 0 Å². The molecule has 4 heteroatoms. The van der Waals surface area contributed by atoms with Gasteiger partial charge in [0, 0.05) is 17.8 Å². The van der Waals surface area contributed by atoms with Crippen molar-refractivity contribution in [3.63, 3.8) is 0 Å². The van der Waals surface area contributed by atoms with E-state index in [0.29, 0.717) is 5.92 Å². The number of piperidine rings is 1. The van der Waals surface area contributed by atoms with Gasteiger partial charge in [-0.05, 0) is 56.6 Å². The molecule has 0 amide bonds. The number of halogens is 1. The van der Waals surface area contributed by atoms with Crippen molar-refractivity contribution in [3.05, 3.63) is 47.8 Å². The Hall–Kier alpha value is -1.32. The van der Waals surface area contributed by atoms with Crippen molar-refractivity contribution in [2.45, 2.75) is 25.7 Å². The quantitative estimate of drug-likeness (QED) is 0.914. The van der Waals surface area contributed by atoms with Gasteiger partial charge in [0.2, 0.25) is 0 Å². The van der Waals surface area contributed by atoms with E-state index in [-0.39, 0.29) is 12.4 Å². The molecule has 1 aliphatic rings. The lowest BCUT2D eigenvalue weighted by Crippen LogP contribution is -2.27. The van der Waals surface area contributed by atoms with E-state index in [9.17, 15) is 0 Å². The fourth-order valence-corrected chi connectivity index (χ4v) is 2.72. The maximum atomic E-state index is 4.50. The summed E-state index contributed by atoms with van der Waals surface area (Å²) in [6.07, 6.45) is 4.33. The standard InChI is InChI=1S/C15H19N3.ClH/c1-12-3-2-4-14(11-12)18-15(7-10-17-18)13-5-8-16-9-6-13;/h2-4,7,10-11,13,16H,5-6,8-9H2,1H3;1H. The predicted molar refractivity (Wildman–Crippen MR) is 80.4 cm³/mol. The van der Waals surface area contributed by atoms with Crippen LogP contribution in [-0.2, 0) is 0 Å². The summed E-state index contributed by atoms with van der Waals surface area (Å²) >= 11 is 0. The van der Waals surface area contributed by atoms with Crippen LogP contribution in [0.3, 0.4) is 0 Å². The smallest absolute Gasteiger partial charge is 0.0651 e. The molecular weight excluding hydrogens is 258 g/mol. The second-order valence-corrected chi connectivity index (χ2v) is 5.03. The highest BCUT2D eigenvalue weighted by Crippen LogP contribution is 2.26. The monoisotopic (exact) mass is 277 g/mol. The fourth-order valence-electron chi connectivity index (χ4n) is 2.72. The van der Waals surface area contributed by atoms with Gasteiger partial charge >= 0.3 is 0 Å². The molecule has 0 aliphatic carbocycles. The minimum atomic E-state index is 0. The highest BCUT2D eigenvalue weighted by molar-refractivity contribution is 5.85. The van der Waals surface area contributed by atoms with Crippen molar-refractivity contribution in [1.82, 2.24) is 15.1 Å². The minimum Gasteiger partial charge on any atom is -0.317 e. The molecule has 102 valence electrons. The van der Waals surface area contributed by atoms with Crippen molar-refractivity contribution in [1.29, 1.82) is 0 Å². The van der Waals surface area contributed by atoms with Crippen molar-refractivity contribution in [3.8, 4) is 5.69 Å². The van der Waals surface area contributed by atoms with E-state index in [1.807, 2.05) is 6.20 Å². The van der Waals surface area contributed by atoms with Crippen LogP contribution in [0.15, 0.2) is 36.5 Å². The number of nitrogens with one attached hydrogen (secondary N) is 1. The van der Waals surface area contributed by atoms with Crippen molar-refractivity contribution < 1.29 is 0 Å². The van der Waals surface area contributed by atoms with Crippen LogP contribution < -0.4 is 5.32 Å². The number of hydrogen-bond acceptors (Lipinski definition) is 2. The van der Waals surface area contributed by atoms with Crippen LogP contribution in [0.4, 0.5) is 0 Å². The van der Waals surface area contributed by atoms with Gasteiger partial charge in [-0.3, -0.25) is 0 Å². The van der Waals surface area contributed by atoms with E-state index in [0.717, 1.165) is 13.1 Å². The Morgan fingerprint density at radius 2 is 2.00 bits per heavy atom. The zero-order valence-electron chi connectivity index (χ0n) is 11.2. The third kappa shape index (κ3) is 2.99. The molecule has 2 aromatic rings. The maximum absolute atomic E-state index is 4.50. The van der Waals surface area contributed by atoms with E-state index >= 15 is 0 Å². The average Bonchev–Trinajstić information content (AvgIpc) is 2.89. The number of hydrogen-bond donors (Lipinski definition) is 1. The lowest BCUT2D eigenvalue weighted by Gasteiger charge is -2.23. The molecule has 0 atom stereocenters. The molecule has 3 nitrogen and oxygen atoms in total. The number of benzene rings is 1. The van der Waals surface area contributed by atoms with Gasteiger partial charge in [-0.2, -0.15) is 5.10 Å². The van der Waals surface area contributed by atoms with Crippen molar-refractivity contribution in [2.75, 3.05) is 13.1 Å². The predicted octanol–water partition coefficient (Wildman–Crippen LogP) is 3.07. The van der Waals surface area contributed by atoms with Crippen LogP contribution in [0.5, 0.6) is 0 Å². The van der Waals surface area contributed by atoms with Crippen LogP contribution in [0.25, 0.3) is 5.69 Å². The Balaban J connectivity index is 0.00000133. The van der Waals surface area contributed by atoms with E-state index in [1.165, 1.54) is 29.8 Å². The van der Waals surface area contributed by atoms with Crippen LogP contribution in [0.2, 0.25) is 0 Å². The first kappa shape index (κ1) is 14.1. The summed E-state index contributed by atoms with van der Waals surface area (Å²) in [6.45, 7) is 4.35. The molecule has 3 rings (SSSR count). The van der Waals surface area contributed by atoms with Crippen LogP contribution in [-0.4, -0.2) is 22.9 Å². The van der Waals surface area contributed by atoms with E-state index in [2.05, 4.69) is 52.4 Å². The first-order chi connectivity index (χ1) is 8.84. The van der Waals surface area contributed by atoms with E-state index in [4.69, 9.17) is 0 Å². The lowest BCUT2D eigenvalue weighted by atomic mass is 9.94. The van der Waals surface area contributed by atoms with Crippen LogP contribution in [0.1, 0.15) is 30.0 Å². The van der Waals surface area contributed by atoms with Crippen LogP contribution in [0, 0.1) is 6.92 Å². The summed E-state index contributed by atoms with van der Waals surface area (Å²) in [5.41, 5.74) is 3.80. The molecule has 1 aliphatic heterocycles. The molecule has 2 heterocycles. The molecule has 0 unspecified atom stereocenters. The topological polar surface area (TPSA) is 29.9 Å². The molecular formula is C15H20ClN3. The van der Waals surface area contributed by atoms with Gasteiger partial charge in [-0.1, -0.05) is 12.1 Å². The fraction of sp³-hybridized carbons (Fsp3) is 0.400. The molecule has 0 spiro atoms. The first-order valence-electron chi connectivity index (χ1n) is 6.66. The lowest BCUT2D eigenvalue weighted by molar-refractivity contribution is 0.446. The Morgan fingerprint density at radius 3 is 2.74 bits per heavy atom. The average molecular weight is 278 g/mol. The normalized spacial score (nSPS) is 16.1.